The van der Waals surface area contributed by atoms with E-state index >= 15 is 0 Å². The van der Waals surface area contributed by atoms with Gasteiger partial charge in [-0.15, -0.1) is 0 Å². The largest absolute Gasteiger partial charge is 0.464 e. The Morgan fingerprint density at radius 3 is 2.17 bits per heavy atom. The zero-order valence-electron chi connectivity index (χ0n) is 6.59. The molecule has 0 aliphatic carbocycles. The molecule has 1 heterocycles. The first kappa shape index (κ1) is 9.27. The molecular formula is C5H9NO5S. The summed E-state index contributed by atoms with van der Waals surface area (Å²) >= 11 is 0. The van der Waals surface area contributed by atoms with Crippen LogP contribution in [-0.2, 0) is 14.5 Å². The summed E-state index contributed by atoms with van der Waals surface area (Å²) in [5.41, 5.74) is 0. The van der Waals surface area contributed by atoms with E-state index in [-0.39, 0.29) is 0 Å². The minimum absolute atomic E-state index is 0.317. The molecule has 12 heavy (non-hydrogen) atoms. The van der Waals surface area contributed by atoms with Gasteiger partial charge in [0.15, 0.2) is 0 Å². The highest BCUT2D eigenvalue weighted by Crippen LogP contribution is 2.23. The van der Waals surface area contributed by atoms with E-state index in [1.165, 1.54) is 13.8 Å². The Hall–Kier alpha value is -0.820. The van der Waals surface area contributed by atoms with E-state index in [0.717, 1.165) is 0 Å². The Balaban J connectivity index is 3.06. The highest BCUT2D eigenvalue weighted by Gasteiger charge is 2.44. The summed E-state index contributed by atoms with van der Waals surface area (Å²) in [5, 5.41) is 8.50. The van der Waals surface area contributed by atoms with Crippen LogP contribution in [0.1, 0.15) is 13.8 Å². The molecule has 1 amide bonds. The lowest BCUT2D eigenvalue weighted by atomic mass is 10.2. The molecule has 1 aliphatic rings. The highest BCUT2D eigenvalue weighted by molar-refractivity contribution is 7.85. The molecule has 1 fully saturated rings. The third-order valence-electron chi connectivity index (χ3n) is 1.75. The van der Waals surface area contributed by atoms with Crippen LogP contribution in [0.5, 0.6) is 0 Å². The van der Waals surface area contributed by atoms with Gasteiger partial charge in [-0.25, -0.2) is 8.98 Å². The maximum Gasteiger partial charge on any atom is 0.423 e. The lowest BCUT2D eigenvalue weighted by molar-refractivity contribution is 0.159. The number of hydrogen-bond donors (Lipinski definition) is 1. The normalized spacial score (nSPS) is 33.7. The second kappa shape index (κ2) is 2.60. The lowest BCUT2D eigenvalue weighted by Gasteiger charge is -2.13. The van der Waals surface area contributed by atoms with Gasteiger partial charge in [0.25, 0.3) is 0 Å². The van der Waals surface area contributed by atoms with Crippen LogP contribution in [0.25, 0.3) is 0 Å². The second-order valence-corrected chi connectivity index (χ2v) is 4.02. The van der Waals surface area contributed by atoms with Gasteiger partial charge < -0.3 is 5.11 Å². The smallest absolute Gasteiger partial charge is 0.423 e. The van der Waals surface area contributed by atoms with Crippen LogP contribution in [0.15, 0.2) is 0 Å². The Morgan fingerprint density at radius 1 is 1.50 bits per heavy atom. The van der Waals surface area contributed by atoms with Crippen molar-refractivity contribution in [3.63, 3.8) is 0 Å². The molecule has 1 rings (SSSR count). The Kier molecular flexibility index (Phi) is 2.01. The fraction of sp³-hybridized carbons (Fsp3) is 0.800. The minimum Gasteiger partial charge on any atom is -0.464 e. The molecule has 0 aromatic rings. The first-order chi connectivity index (χ1) is 5.36. The van der Waals surface area contributed by atoms with E-state index in [2.05, 4.69) is 4.18 Å². The molecule has 0 aromatic heterocycles. The number of hydrogen-bond acceptors (Lipinski definition) is 4. The lowest BCUT2D eigenvalue weighted by Crippen LogP contribution is -2.37. The summed E-state index contributed by atoms with van der Waals surface area (Å²) < 4.78 is 26.7. The van der Waals surface area contributed by atoms with Gasteiger partial charge in [-0.1, -0.05) is 0 Å². The van der Waals surface area contributed by atoms with Crippen LogP contribution in [0.3, 0.4) is 0 Å². The molecule has 70 valence electrons. The molecule has 2 atom stereocenters. The second-order valence-electron chi connectivity index (χ2n) is 2.58. The SMILES string of the molecule is CC1OS(=O)(=O)N(C(=O)O)[C@@H]1C. The molecule has 0 spiro atoms. The molecule has 1 aliphatic heterocycles. The van der Waals surface area contributed by atoms with Crippen molar-refractivity contribution in [3.8, 4) is 0 Å². The average molecular weight is 195 g/mol. The summed E-state index contributed by atoms with van der Waals surface area (Å²) in [5.74, 6) is 0. The number of amides is 1. The third kappa shape index (κ3) is 1.25. The molecule has 0 radical (unpaired) electrons. The van der Waals surface area contributed by atoms with Crippen LogP contribution in [0.2, 0.25) is 0 Å². The van der Waals surface area contributed by atoms with E-state index in [9.17, 15) is 13.2 Å². The molecular weight excluding hydrogens is 186 g/mol. The average Bonchev–Trinajstić information content (AvgIpc) is 2.01. The van der Waals surface area contributed by atoms with Gasteiger partial charge in [-0.05, 0) is 13.8 Å². The van der Waals surface area contributed by atoms with Crippen molar-refractivity contribution in [3.05, 3.63) is 0 Å². The van der Waals surface area contributed by atoms with Gasteiger partial charge in [0, 0.05) is 0 Å². The van der Waals surface area contributed by atoms with Gasteiger partial charge in [0.1, 0.15) is 0 Å². The van der Waals surface area contributed by atoms with E-state index in [4.69, 9.17) is 5.11 Å². The third-order valence-corrected chi connectivity index (χ3v) is 3.27. The molecule has 6 nitrogen and oxygen atoms in total. The van der Waals surface area contributed by atoms with Gasteiger partial charge in [-0.3, -0.25) is 0 Å². The van der Waals surface area contributed by atoms with Crippen molar-refractivity contribution in [2.24, 2.45) is 0 Å². The molecule has 1 N–H and O–H groups in total. The van der Waals surface area contributed by atoms with Crippen molar-refractivity contribution in [2.45, 2.75) is 26.0 Å². The van der Waals surface area contributed by atoms with E-state index in [0.29, 0.717) is 4.31 Å². The van der Waals surface area contributed by atoms with E-state index in [1.807, 2.05) is 0 Å². The summed E-state index contributed by atoms with van der Waals surface area (Å²) in [4.78, 5) is 10.4. The fourth-order valence-electron chi connectivity index (χ4n) is 0.983. The maximum absolute atomic E-state index is 10.9. The summed E-state index contributed by atoms with van der Waals surface area (Å²) in [7, 11) is -4.05. The zero-order valence-corrected chi connectivity index (χ0v) is 7.41. The van der Waals surface area contributed by atoms with Gasteiger partial charge in [-0.2, -0.15) is 12.7 Å². The number of carboxylic acid groups (broad SMARTS) is 1. The predicted octanol–water partition coefficient (Wildman–Crippen LogP) is 0.0184. The fourth-order valence-corrected chi connectivity index (χ4v) is 2.39. The Labute approximate surface area is 70.0 Å². The Morgan fingerprint density at radius 2 is 2.00 bits per heavy atom. The minimum atomic E-state index is -4.05. The Bertz CT molecular complexity index is 297. The number of rotatable bonds is 0. The number of carbonyl (C=O) groups is 1. The molecule has 0 aromatic carbocycles. The molecule has 0 bridgehead atoms. The van der Waals surface area contributed by atoms with Gasteiger partial charge >= 0.3 is 16.4 Å². The summed E-state index contributed by atoms with van der Waals surface area (Å²) in [6.45, 7) is 2.98. The predicted molar refractivity (Wildman–Crippen MR) is 38.8 cm³/mol. The quantitative estimate of drug-likeness (QED) is 0.589. The van der Waals surface area contributed by atoms with E-state index < -0.39 is 28.5 Å². The molecule has 0 saturated carbocycles. The van der Waals surface area contributed by atoms with Crippen LogP contribution in [0, 0.1) is 0 Å². The molecule has 1 saturated heterocycles. The van der Waals surface area contributed by atoms with Gasteiger partial charge in [0.05, 0.1) is 12.1 Å². The van der Waals surface area contributed by atoms with Gasteiger partial charge in [0.2, 0.25) is 0 Å². The van der Waals surface area contributed by atoms with Crippen LogP contribution in [-0.4, -0.2) is 36.1 Å². The zero-order chi connectivity index (χ0) is 9.52. The standard InChI is InChI=1S/C5H9NO5S/c1-3-4(2)11-12(9,10)6(3)5(7)8/h3-4H,1-2H3,(H,7,8)/t3-,4?/m1/s1. The van der Waals surface area contributed by atoms with Crippen molar-refractivity contribution >= 4 is 16.4 Å². The topological polar surface area (TPSA) is 83.9 Å². The van der Waals surface area contributed by atoms with Crippen LogP contribution >= 0.6 is 0 Å². The first-order valence-corrected chi connectivity index (χ1v) is 4.68. The molecule has 7 heteroatoms. The van der Waals surface area contributed by atoms with Crippen LogP contribution in [0.4, 0.5) is 4.79 Å². The highest BCUT2D eigenvalue weighted by atomic mass is 32.2. The van der Waals surface area contributed by atoms with Crippen molar-refractivity contribution in [2.75, 3.05) is 0 Å². The van der Waals surface area contributed by atoms with Crippen molar-refractivity contribution < 1.29 is 22.5 Å². The van der Waals surface area contributed by atoms with Crippen molar-refractivity contribution in [1.29, 1.82) is 0 Å². The maximum atomic E-state index is 10.9. The first-order valence-electron chi connectivity index (χ1n) is 3.32. The monoisotopic (exact) mass is 195 g/mol. The summed E-state index contributed by atoms with van der Waals surface area (Å²) in [6.07, 6.45) is -2.13. The summed E-state index contributed by atoms with van der Waals surface area (Å²) in [6, 6.07) is -0.660. The van der Waals surface area contributed by atoms with Crippen LogP contribution < -0.4 is 0 Å². The van der Waals surface area contributed by atoms with Crippen molar-refractivity contribution in [1.82, 2.24) is 4.31 Å². The number of nitrogens with zero attached hydrogens (tertiary/aromatic N) is 1. The molecule has 1 unspecified atom stereocenters. The van der Waals surface area contributed by atoms with E-state index in [1.54, 1.807) is 0 Å².